The van der Waals surface area contributed by atoms with Gasteiger partial charge in [0, 0.05) is 5.56 Å². The highest BCUT2D eigenvalue weighted by Gasteiger charge is 2.11. The zero-order valence-electron chi connectivity index (χ0n) is 12.0. The molecule has 112 valence electrons. The summed E-state index contributed by atoms with van der Waals surface area (Å²) in [6.45, 7) is 0. The van der Waals surface area contributed by atoms with Crippen molar-refractivity contribution >= 4 is 34.9 Å². The Morgan fingerprint density at radius 2 is 1.74 bits per heavy atom. The molecule has 0 N–H and O–H groups in total. The van der Waals surface area contributed by atoms with Crippen molar-refractivity contribution in [3.8, 4) is 17.4 Å². The number of furan rings is 1. The molecule has 0 amide bonds. The molecule has 0 aliphatic heterocycles. The third-order valence-electron chi connectivity index (χ3n) is 3.34. The number of hydrogen-bond acceptors (Lipinski definition) is 2. The Morgan fingerprint density at radius 1 is 0.957 bits per heavy atom. The van der Waals surface area contributed by atoms with Crippen LogP contribution in [0.15, 0.2) is 65.1 Å². The van der Waals surface area contributed by atoms with E-state index in [1.807, 2.05) is 48.5 Å². The van der Waals surface area contributed by atoms with E-state index in [1.54, 1.807) is 18.2 Å². The Kier molecular flexibility index (Phi) is 4.52. The monoisotopic (exact) mass is 339 g/mol. The van der Waals surface area contributed by atoms with E-state index in [9.17, 15) is 5.26 Å². The predicted molar refractivity (Wildman–Crippen MR) is 94.1 cm³/mol. The molecule has 0 saturated heterocycles. The van der Waals surface area contributed by atoms with Crippen LogP contribution in [0.3, 0.4) is 0 Å². The van der Waals surface area contributed by atoms with Crippen molar-refractivity contribution in [3.63, 3.8) is 0 Å². The second kappa shape index (κ2) is 6.75. The second-order valence-electron chi connectivity index (χ2n) is 4.84. The van der Waals surface area contributed by atoms with Crippen LogP contribution in [0.5, 0.6) is 0 Å². The summed E-state index contributed by atoms with van der Waals surface area (Å²) in [5, 5.41) is 10.3. The molecule has 0 spiro atoms. The van der Waals surface area contributed by atoms with Crippen LogP contribution in [0.4, 0.5) is 0 Å². The molecule has 0 aliphatic rings. The zero-order valence-corrected chi connectivity index (χ0v) is 13.5. The predicted octanol–water partition coefficient (Wildman–Crippen LogP) is 6.32. The van der Waals surface area contributed by atoms with E-state index in [0.29, 0.717) is 27.1 Å². The molecule has 1 heterocycles. The molecule has 0 atom stereocenters. The lowest BCUT2D eigenvalue weighted by Gasteiger charge is -2.02. The maximum atomic E-state index is 9.35. The molecule has 0 fully saturated rings. The number of rotatable bonds is 3. The molecule has 0 aliphatic carbocycles. The van der Waals surface area contributed by atoms with Crippen LogP contribution in [0.2, 0.25) is 10.0 Å². The van der Waals surface area contributed by atoms with E-state index in [2.05, 4.69) is 6.07 Å². The fourth-order valence-corrected chi connectivity index (χ4v) is 2.60. The van der Waals surface area contributed by atoms with Gasteiger partial charge in [-0.2, -0.15) is 5.26 Å². The van der Waals surface area contributed by atoms with E-state index in [-0.39, 0.29) is 0 Å². The van der Waals surface area contributed by atoms with Crippen LogP contribution in [0, 0.1) is 11.3 Å². The van der Waals surface area contributed by atoms with E-state index >= 15 is 0 Å². The van der Waals surface area contributed by atoms with Gasteiger partial charge < -0.3 is 4.42 Å². The second-order valence-corrected chi connectivity index (χ2v) is 5.62. The highest BCUT2D eigenvalue weighted by atomic mass is 35.5. The summed E-state index contributed by atoms with van der Waals surface area (Å²) in [4.78, 5) is 0. The van der Waals surface area contributed by atoms with Crippen molar-refractivity contribution in [2.24, 2.45) is 0 Å². The lowest BCUT2D eigenvalue weighted by atomic mass is 10.1. The van der Waals surface area contributed by atoms with E-state index in [4.69, 9.17) is 27.6 Å². The summed E-state index contributed by atoms with van der Waals surface area (Å²) in [7, 11) is 0. The Labute approximate surface area is 144 Å². The topological polar surface area (TPSA) is 36.9 Å². The summed E-state index contributed by atoms with van der Waals surface area (Å²) < 4.78 is 5.79. The Bertz CT molecular complexity index is 905. The van der Waals surface area contributed by atoms with Crippen LogP contribution in [-0.2, 0) is 0 Å². The molecule has 0 radical (unpaired) electrons. The van der Waals surface area contributed by atoms with Gasteiger partial charge in [-0.15, -0.1) is 0 Å². The first kappa shape index (κ1) is 15.4. The van der Waals surface area contributed by atoms with Crippen LogP contribution in [-0.4, -0.2) is 0 Å². The van der Waals surface area contributed by atoms with Crippen LogP contribution in [0.1, 0.15) is 11.3 Å². The molecular formula is C19H11Cl2NO. The maximum absolute atomic E-state index is 9.35. The highest BCUT2D eigenvalue weighted by Crippen LogP contribution is 2.34. The van der Waals surface area contributed by atoms with Gasteiger partial charge in [-0.25, -0.2) is 0 Å². The van der Waals surface area contributed by atoms with E-state index in [0.717, 1.165) is 11.1 Å². The quantitative estimate of drug-likeness (QED) is 0.523. The number of nitrogens with zero attached hydrogens (tertiary/aromatic N) is 1. The molecule has 1 aromatic heterocycles. The Morgan fingerprint density at radius 3 is 2.48 bits per heavy atom. The number of halogens is 2. The van der Waals surface area contributed by atoms with Crippen molar-refractivity contribution in [2.45, 2.75) is 0 Å². The van der Waals surface area contributed by atoms with E-state index < -0.39 is 0 Å². The fraction of sp³-hybridized carbons (Fsp3) is 0. The van der Waals surface area contributed by atoms with Crippen molar-refractivity contribution in [1.82, 2.24) is 0 Å². The third-order valence-corrected chi connectivity index (χ3v) is 4.15. The minimum Gasteiger partial charge on any atom is -0.457 e. The number of allylic oxidation sites excluding steroid dienone is 1. The van der Waals surface area contributed by atoms with Crippen LogP contribution in [0.25, 0.3) is 23.0 Å². The average Bonchev–Trinajstić information content (AvgIpc) is 3.04. The first-order valence-corrected chi connectivity index (χ1v) is 7.66. The summed E-state index contributed by atoms with van der Waals surface area (Å²) in [6.07, 6.45) is 1.71. The standard InChI is InChI=1S/C19H11Cl2NO/c20-17-8-4-7-16(19(17)21)18-10-9-15(23-18)11-14(12-22)13-5-2-1-3-6-13/h1-11H/b14-11-. The van der Waals surface area contributed by atoms with Crippen LogP contribution < -0.4 is 0 Å². The molecule has 0 unspecified atom stereocenters. The smallest absolute Gasteiger partial charge is 0.136 e. The van der Waals surface area contributed by atoms with Gasteiger partial charge in [-0.05, 0) is 35.9 Å². The molecule has 0 bridgehead atoms. The minimum atomic E-state index is 0.447. The SMILES string of the molecule is N#C/C(=C/c1ccc(-c2cccc(Cl)c2Cl)o1)c1ccccc1. The minimum absolute atomic E-state index is 0.447. The molecule has 4 heteroatoms. The van der Waals surface area contributed by atoms with Gasteiger partial charge in [-0.3, -0.25) is 0 Å². The molecular weight excluding hydrogens is 329 g/mol. The zero-order chi connectivity index (χ0) is 16.2. The molecule has 2 nitrogen and oxygen atoms in total. The first-order chi connectivity index (χ1) is 11.2. The van der Waals surface area contributed by atoms with Gasteiger partial charge in [0.25, 0.3) is 0 Å². The highest BCUT2D eigenvalue weighted by molar-refractivity contribution is 6.43. The summed E-state index contributed by atoms with van der Waals surface area (Å²) >= 11 is 12.2. The van der Waals surface area contributed by atoms with Gasteiger partial charge in [0.05, 0.1) is 21.7 Å². The van der Waals surface area contributed by atoms with Crippen molar-refractivity contribution < 1.29 is 4.42 Å². The average molecular weight is 340 g/mol. The van der Waals surface area contributed by atoms with E-state index in [1.165, 1.54) is 0 Å². The van der Waals surface area contributed by atoms with Gasteiger partial charge >= 0.3 is 0 Å². The molecule has 2 aromatic carbocycles. The van der Waals surface area contributed by atoms with Gasteiger partial charge in [0.2, 0.25) is 0 Å². The first-order valence-electron chi connectivity index (χ1n) is 6.90. The Balaban J connectivity index is 1.98. The van der Waals surface area contributed by atoms with Crippen LogP contribution >= 0.6 is 23.2 Å². The summed E-state index contributed by atoms with van der Waals surface area (Å²) in [5.74, 6) is 1.19. The molecule has 3 aromatic rings. The number of hydrogen-bond donors (Lipinski definition) is 0. The van der Waals surface area contributed by atoms with Gasteiger partial charge in [-0.1, -0.05) is 59.6 Å². The lowest BCUT2D eigenvalue weighted by Crippen LogP contribution is -1.80. The maximum Gasteiger partial charge on any atom is 0.136 e. The number of nitriles is 1. The van der Waals surface area contributed by atoms with Crippen molar-refractivity contribution in [2.75, 3.05) is 0 Å². The third kappa shape index (κ3) is 3.32. The van der Waals surface area contributed by atoms with Crippen molar-refractivity contribution in [3.05, 3.63) is 82.0 Å². The fourth-order valence-electron chi connectivity index (χ4n) is 2.21. The number of benzene rings is 2. The van der Waals surface area contributed by atoms with Gasteiger partial charge in [0.15, 0.2) is 0 Å². The van der Waals surface area contributed by atoms with Crippen molar-refractivity contribution in [1.29, 1.82) is 5.26 Å². The van der Waals surface area contributed by atoms with Gasteiger partial charge in [0.1, 0.15) is 11.5 Å². The molecule has 23 heavy (non-hydrogen) atoms. The normalized spacial score (nSPS) is 11.3. The summed E-state index contributed by atoms with van der Waals surface area (Å²) in [5.41, 5.74) is 2.09. The molecule has 0 saturated carbocycles. The largest absolute Gasteiger partial charge is 0.457 e. The Hall–Kier alpha value is -2.47. The summed E-state index contributed by atoms with van der Waals surface area (Å²) in [6, 6.07) is 20.6. The molecule has 3 rings (SSSR count). The lowest BCUT2D eigenvalue weighted by molar-refractivity contribution is 0.572.